The lowest BCUT2D eigenvalue weighted by molar-refractivity contribution is -0.160. The molecule has 1 unspecified atom stereocenters. The van der Waals surface area contributed by atoms with Crippen LogP contribution < -0.4 is 0 Å². The summed E-state index contributed by atoms with van der Waals surface area (Å²) in [6.45, 7) is 3.01. The van der Waals surface area contributed by atoms with E-state index in [2.05, 4.69) is 12.6 Å². The highest BCUT2D eigenvalue weighted by molar-refractivity contribution is 7.80. The van der Waals surface area contributed by atoms with Crippen molar-refractivity contribution in [3.05, 3.63) is 0 Å². The van der Waals surface area contributed by atoms with Crippen LogP contribution >= 0.6 is 12.6 Å². The Labute approximate surface area is 65.7 Å². The van der Waals surface area contributed by atoms with Crippen molar-refractivity contribution in [3.8, 4) is 0 Å². The Morgan fingerprint density at radius 3 is 2.90 bits per heavy atom. The molecule has 1 heterocycles. The Morgan fingerprint density at radius 2 is 2.60 bits per heavy atom. The van der Waals surface area contributed by atoms with Gasteiger partial charge in [0.2, 0.25) is 0 Å². The van der Waals surface area contributed by atoms with Crippen LogP contribution in [0.4, 0.5) is 0 Å². The summed E-state index contributed by atoms with van der Waals surface area (Å²) >= 11 is 4.03. The molecule has 0 spiro atoms. The van der Waals surface area contributed by atoms with E-state index >= 15 is 0 Å². The summed E-state index contributed by atoms with van der Waals surface area (Å²) in [6.07, 6.45) is 0. The number of carbonyl (C=O) groups excluding carboxylic acids is 1. The molecule has 1 saturated heterocycles. The molecule has 0 saturated carbocycles. The van der Waals surface area contributed by atoms with Crippen molar-refractivity contribution in [2.24, 2.45) is 5.92 Å². The molecule has 58 valence electrons. The lowest BCUT2D eigenvalue weighted by Gasteiger charge is -2.09. The number of carbonyl (C=O) groups is 1. The summed E-state index contributed by atoms with van der Waals surface area (Å²) in [6, 6.07) is 0. The molecule has 0 aromatic heterocycles. The Balaban J connectivity index is 2.49. The van der Waals surface area contributed by atoms with Gasteiger partial charge < -0.3 is 0 Å². The molecule has 0 aromatic rings. The zero-order valence-corrected chi connectivity index (χ0v) is 6.80. The van der Waals surface area contributed by atoms with Gasteiger partial charge in [-0.05, 0) is 6.92 Å². The first-order valence-electron chi connectivity index (χ1n) is 3.34. The first kappa shape index (κ1) is 7.88. The van der Waals surface area contributed by atoms with Gasteiger partial charge in [0.1, 0.15) is 0 Å². The predicted molar refractivity (Wildman–Crippen MR) is 40.7 cm³/mol. The molecule has 0 aliphatic carbocycles. The molecule has 1 aliphatic heterocycles. The van der Waals surface area contributed by atoms with Crippen LogP contribution in [0.5, 0.6) is 0 Å². The normalized spacial score (nSPS) is 26.0. The third-order valence-electron chi connectivity index (χ3n) is 1.53. The quantitative estimate of drug-likeness (QED) is 0.591. The molecule has 0 radical (unpaired) electrons. The van der Waals surface area contributed by atoms with Crippen LogP contribution in [0.15, 0.2) is 0 Å². The van der Waals surface area contributed by atoms with E-state index in [0.717, 1.165) is 0 Å². The van der Waals surface area contributed by atoms with E-state index in [4.69, 9.17) is 4.84 Å². The van der Waals surface area contributed by atoms with Crippen molar-refractivity contribution < 1.29 is 9.63 Å². The number of amides is 1. The summed E-state index contributed by atoms with van der Waals surface area (Å²) < 4.78 is 0. The van der Waals surface area contributed by atoms with E-state index in [1.165, 1.54) is 5.06 Å². The maximum absolute atomic E-state index is 11.1. The summed E-state index contributed by atoms with van der Waals surface area (Å²) in [5.41, 5.74) is 0. The SMILES string of the molecule is CCN1OCC(CS)C1=O. The van der Waals surface area contributed by atoms with Gasteiger partial charge in [0.25, 0.3) is 5.91 Å². The zero-order valence-electron chi connectivity index (χ0n) is 5.91. The smallest absolute Gasteiger partial charge is 0.252 e. The predicted octanol–water partition coefficient (Wildman–Crippen LogP) is 0.326. The van der Waals surface area contributed by atoms with E-state index in [1.807, 2.05) is 6.92 Å². The van der Waals surface area contributed by atoms with Crippen LogP contribution in [0.1, 0.15) is 6.92 Å². The highest BCUT2D eigenvalue weighted by Gasteiger charge is 2.30. The number of thiol groups is 1. The van der Waals surface area contributed by atoms with Crippen LogP contribution in [0.25, 0.3) is 0 Å². The number of rotatable bonds is 2. The van der Waals surface area contributed by atoms with Gasteiger partial charge in [-0.25, -0.2) is 5.06 Å². The third kappa shape index (κ3) is 1.27. The van der Waals surface area contributed by atoms with E-state index in [1.54, 1.807) is 0 Å². The van der Waals surface area contributed by atoms with Crippen molar-refractivity contribution in [2.45, 2.75) is 6.92 Å². The molecule has 1 aliphatic rings. The first-order chi connectivity index (χ1) is 4.79. The molecule has 1 rings (SSSR count). The molecule has 1 amide bonds. The topological polar surface area (TPSA) is 29.5 Å². The largest absolute Gasteiger partial charge is 0.272 e. The van der Waals surface area contributed by atoms with Gasteiger partial charge in [-0.15, -0.1) is 0 Å². The van der Waals surface area contributed by atoms with Gasteiger partial charge in [0, 0.05) is 12.3 Å². The van der Waals surface area contributed by atoms with Gasteiger partial charge in [-0.1, -0.05) is 0 Å². The van der Waals surface area contributed by atoms with Crippen molar-refractivity contribution in [1.29, 1.82) is 0 Å². The van der Waals surface area contributed by atoms with E-state index in [0.29, 0.717) is 18.9 Å². The minimum Gasteiger partial charge on any atom is -0.272 e. The second kappa shape index (κ2) is 3.25. The summed E-state index contributed by atoms with van der Waals surface area (Å²) in [4.78, 5) is 16.2. The van der Waals surface area contributed by atoms with Crippen LogP contribution in [-0.4, -0.2) is 29.9 Å². The Hall–Kier alpha value is -0.220. The molecule has 1 atom stereocenters. The van der Waals surface area contributed by atoms with Crippen LogP contribution in [-0.2, 0) is 9.63 Å². The maximum atomic E-state index is 11.1. The molecule has 0 aromatic carbocycles. The Bertz CT molecular complexity index is 126. The van der Waals surface area contributed by atoms with Gasteiger partial charge in [-0.3, -0.25) is 9.63 Å². The molecule has 4 heteroatoms. The molecule has 1 fully saturated rings. The van der Waals surface area contributed by atoms with Gasteiger partial charge in [-0.2, -0.15) is 12.6 Å². The highest BCUT2D eigenvalue weighted by atomic mass is 32.1. The molecular formula is C6H11NO2S. The van der Waals surface area contributed by atoms with E-state index in [9.17, 15) is 4.79 Å². The monoisotopic (exact) mass is 161 g/mol. The number of hydroxylamine groups is 2. The fourth-order valence-corrected chi connectivity index (χ4v) is 1.16. The second-order valence-corrected chi connectivity index (χ2v) is 2.57. The van der Waals surface area contributed by atoms with Gasteiger partial charge >= 0.3 is 0 Å². The van der Waals surface area contributed by atoms with Gasteiger partial charge in [0.15, 0.2) is 0 Å². The number of hydrogen-bond acceptors (Lipinski definition) is 3. The number of nitrogens with zero attached hydrogens (tertiary/aromatic N) is 1. The summed E-state index contributed by atoms with van der Waals surface area (Å²) in [7, 11) is 0. The second-order valence-electron chi connectivity index (χ2n) is 2.21. The van der Waals surface area contributed by atoms with Crippen molar-refractivity contribution in [1.82, 2.24) is 5.06 Å². The fraction of sp³-hybridized carbons (Fsp3) is 0.833. The molecule has 10 heavy (non-hydrogen) atoms. The average molecular weight is 161 g/mol. The van der Waals surface area contributed by atoms with Crippen LogP contribution in [0.2, 0.25) is 0 Å². The maximum Gasteiger partial charge on any atom is 0.252 e. The minimum absolute atomic E-state index is 0.0247. The van der Waals surface area contributed by atoms with Crippen LogP contribution in [0, 0.1) is 5.92 Å². The van der Waals surface area contributed by atoms with Crippen molar-refractivity contribution >= 4 is 18.5 Å². The molecular weight excluding hydrogens is 150 g/mol. The van der Waals surface area contributed by atoms with Gasteiger partial charge in [0.05, 0.1) is 12.5 Å². The summed E-state index contributed by atoms with van der Waals surface area (Å²) in [5, 5.41) is 1.39. The molecule has 3 nitrogen and oxygen atoms in total. The third-order valence-corrected chi connectivity index (χ3v) is 1.97. The van der Waals surface area contributed by atoms with E-state index in [-0.39, 0.29) is 11.8 Å². The van der Waals surface area contributed by atoms with E-state index < -0.39 is 0 Å². The van der Waals surface area contributed by atoms with Crippen LogP contribution in [0.3, 0.4) is 0 Å². The minimum atomic E-state index is -0.0247. The fourth-order valence-electron chi connectivity index (χ4n) is 0.896. The lowest BCUT2D eigenvalue weighted by atomic mass is 10.2. The average Bonchev–Trinajstić information content (AvgIpc) is 2.30. The Kier molecular flexibility index (Phi) is 2.56. The number of hydrogen-bond donors (Lipinski definition) is 1. The standard InChI is InChI=1S/C6H11NO2S/c1-2-7-6(8)5(4-10)3-9-7/h5,10H,2-4H2,1H3. The summed E-state index contributed by atoms with van der Waals surface area (Å²) in [5.74, 6) is 0.621. The lowest BCUT2D eigenvalue weighted by Crippen LogP contribution is -2.26. The first-order valence-corrected chi connectivity index (χ1v) is 3.98. The van der Waals surface area contributed by atoms with Crippen molar-refractivity contribution in [2.75, 3.05) is 18.9 Å². The Morgan fingerprint density at radius 1 is 1.90 bits per heavy atom. The van der Waals surface area contributed by atoms with Crippen molar-refractivity contribution in [3.63, 3.8) is 0 Å². The molecule has 0 N–H and O–H groups in total. The molecule has 0 bridgehead atoms. The zero-order chi connectivity index (χ0) is 7.56. The highest BCUT2D eigenvalue weighted by Crippen LogP contribution is 2.14.